The molecule has 0 saturated carbocycles. The summed E-state index contributed by atoms with van der Waals surface area (Å²) in [5.41, 5.74) is 7.73. The van der Waals surface area contributed by atoms with E-state index in [1.54, 1.807) is 6.07 Å². The zero-order chi connectivity index (χ0) is 11.0. The van der Waals surface area contributed by atoms with Crippen molar-refractivity contribution < 1.29 is 4.39 Å². The van der Waals surface area contributed by atoms with Gasteiger partial charge in [-0.2, -0.15) is 0 Å². The fraction of sp³-hybridized carbons (Fsp3) is 0.167. The maximum Gasteiger partial charge on any atom is 0.142 e. The molecule has 0 aromatic heterocycles. The molecule has 15 heavy (non-hydrogen) atoms. The molecule has 0 heterocycles. The van der Waals surface area contributed by atoms with Crippen molar-refractivity contribution in [2.75, 3.05) is 0 Å². The van der Waals surface area contributed by atoms with Gasteiger partial charge in [0.1, 0.15) is 5.82 Å². The molecule has 0 unspecified atom stereocenters. The van der Waals surface area contributed by atoms with Crippen molar-refractivity contribution in [3.8, 4) is 0 Å². The number of hydrogen-bond acceptors (Lipinski definition) is 1. The third-order valence-electron chi connectivity index (χ3n) is 2.55. The Morgan fingerprint density at radius 2 is 1.87 bits per heavy atom. The molecule has 0 fully saturated rings. The molecule has 2 N–H and O–H groups in total. The fourth-order valence-electron chi connectivity index (χ4n) is 1.68. The lowest BCUT2D eigenvalue weighted by molar-refractivity contribution is 0.630. The first-order chi connectivity index (χ1) is 7.11. The van der Waals surface area contributed by atoms with Gasteiger partial charge in [0.2, 0.25) is 0 Å². The van der Waals surface area contributed by atoms with Crippen LogP contribution in [0.2, 0.25) is 5.02 Å². The summed E-state index contributed by atoms with van der Waals surface area (Å²) in [4.78, 5) is 0. The van der Waals surface area contributed by atoms with Crippen LogP contribution in [-0.4, -0.2) is 0 Å². The predicted octanol–water partition coefficient (Wildman–Crippen LogP) is 3.40. The summed E-state index contributed by atoms with van der Waals surface area (Å²) in [5.74, 6) is -0.393. The lowest BCUT2D eigenvalue weighted by atomic mass is 10.0. The number of nitrogens with two attached hydrogens (primary N) is 1. The van der Waals surface area contributed by atoms with Crippen LogP contribution >= 0.6 is 11.6 Å². The van der Waals surface area contributed by atoms with Gasteiger partial charge in [-0.15, -0.1) is 0 Å². The van der Waals surface area contributed by atoms with Crippen LogP contribution < -0.4 is 5.73 Å². The minimum Gasteiger partial charge on any atom is -0.326 e. The van der Waals surface area contributed by atoms with Gasteiger partial charge < -0.3 is 5.73 Å². The standard InChI is InChI=1S/C12H11ClFN/c1-7-2-8-4-11(13)12(14)5-9(8)3-10(7)6-15/h2-5H,6,15H2,1H3. The molecule has 0 radical (unpaired) electrons. The minimum atomic E-state index is -0.393. The van der Waals surface area contributed by atoms with Crippen LogP contribution in [0.15, 0.2) is 24.3 Å². The number of fused-ring (bicyclic) bond motifs is 1. The highest BCUT2D eigenvalue weighted by molar-refractivity contribution is 6.31. The smallest absolute Gasteiger partial charge is 0.142 e. The Hall–Kier alpha value is -1.12. The Balaban J connectivity index is 2.76. The number of benzene rings is 2. The highest BCUT2D eigenvalue weighted by Crippen LogP contribution is 2.25. The van der Waals surface area contributed by atoms with Gasteiger partial charge in [0.15, 0.2) is 0 Å². The molecule has 2 aromatic rings. The Morgan fingerprint density at radius 3 is 2.53 bits per heavy atom. The predicted molar refractivity (Wildman–Crippen MR) is 61.5 cm³/mol. The van der Waals surface area contributed by atoms with E-state index in [1.807, 2.05) is 19.1 Å². The second-order valence-corrected chi connectivity index (χ2v) is 4.00. The summed E-state index contributed by atoms with van der Waals surface area (Å²) >= 11 is 5.71. The zero-order valence-electron chi connectivity index (χ0n) is 8.35. The molecule has 0 atom stereocenters. The molecule has 1 nitrogen and oxygen atoms in total. The first-order valence-corrected chi connectivity index (χ1v) is 5.08. The Morgan fingerprint density at radius 1 is 1.20 bits per heavy atom. The summed E-state index contributed by atoms with van der Waals surface area (Å²) < 4.78 is 13.2. The van der Waals surface area contributed by atoms with Crippen LogP contribution in [-0.2, 0) is 6.54 Å². The van der Waals surface area contributed by atoms with E-state index >= 15 is 0 Å². The molecule has 0 aliphatic carbocycles. The number of halogens is 2. The maximum absolute atomic E-state index is 13.2. The van der Waals surface area contributed by atoms with Crippen LogP contribution in [0.5, 0.6) is 0 Å². The first kappa shape index (κ1) is 10.4. The quantitative estimate of drug-likeness (QED) is 0.788. The molecule has 78 valence electrons. The van der Waals surface area contributed by atoms with E-state index < -0.39 is 5.82 Å². The van der Waals surface area contributed by atoms with Crippen molar-refractivity contribution in [1.82, 2.24) is 0 Å². The number of hydrogen-bond donors (Lipinski definition) is 1. The van der Waals surface area contributed by atoms with Gasteiger partial charge in [-0.05, 0) is 47.0 Å². The molecule has 0 aliphatic rings. The first-order valence-electron chi connectivity index (χ1n) is 4.70. The van der Waals surface area contributed by atoms with Crippen molar-refractivity contribution >= 4 is 22.4 Å². The summed E-state index contributed by atoms with van der Waals surface area (Å²) in [5, 5.41) is 1.93. The molecular formula is C12H11ClFN. The molecule has 2 aromatic carbocycles. The van der Waals surface area contributed by atoms with Crippen LogP contribution in [0.4, 0.5) is 4.39 Å². The molecule has 0 amide bonds. The van der Waals surface area contributed by atoms with E-state index in [0.29, 0.717) is 6.54 Å². The third-order valence-corrected chi connectivity index (χ3v) is 2.84. The van der Waals surface area contributed by atoms with E-state index in [9.17, 15) is 4.39 Å². The van der Waals surface area contributed by atoms with Gasteiger partial charge >= 0.3 is 0 Å². The van der Waals surface area contributed by atoms with Crippen LogP contribution in [0.25, 0.3) is 10.8 Å². The summed E-state index contributed by atoms with van der Waals surface area (Å²) in [6.07, 6.45) is 0. The molecule has 0 bridgehead atoms. The number of rotatable bonds is 1. The second-order valence-electron chi connectivity index (χ2n) is 3.60. The third kappa shape index (κ3) is 1.83. The number of aryl methyl sites for hydroxylation is 1. The topological polar surface area (TPSA) is 26.0 Å². The SMILES string of the molecule is Cc1cc2cc(Cl)c(F)cc2cc1CN. The van der Waals surface area contributed by atoms with E-state index in [0.717, 1.165) is 21.9 Å². The zero-order valence-corrected chi connectivity index (χ0v) is 9.11. The molecular weight excluding hydrogens is 213 g/mol. The van der Waals surface area contributed by atoms with Gasteiger partial charge in [0.05, 0.1) is 5.02 Å². The van der Waals surface area contributed by atoms with Crippen molar-refractivity contribution in [2.24, 2.45) is 5.73 Å². The summed E-state index contributed by atoms with van der Waals surface area (Å²) in [7, 11) is 0. The summed E-state index contributed by atoms with van der Waals surface area (Å²) in [6, 6.07) is 6.96. The lowest BCUT2D eigenvalue weighted by Crippen LogP contribution is -1.99. The largest absolute Gasteiger partial charge is 0.326 e. The van der Waals surface area contributed by atoms with Crippen LogP contribution in [0, 0.1) is 12.7 Å². The van der Waals surface area contributed by atoms with Crippen molar-refractivity contribution in [3.63, 3.8) is 0 Å². The van der Waals surface area contributed by atoms with Gasteiger partial charge in [-0.1, -0.05) is 17.7 Å². The highest BCUT2D eigenvalue weighted by atomic mass is 35.5. The average molecular weight is 224 g/mol. The van der Waals surface area contributed by atoms with E-state index in [1.165, 1.54) is 6.07 Å². The fourth-order valence-corrected chi connectivity index (χ4v) is 1.85. The van der Waals surface area contributed by atoms with Crippen LogP contribution in [0.3, 0.4) is 0 Å². The molecule has 0 saturated heterocycles. The monoisotopic (exact) mass is 223 g/mol. The van der Waals surface area contributed by atoms with Crippen molar-refractivity contribution in [2.45, 2.75) is 13.5 Å². The van der Waals surface area contributed by atoms with E-state index in [2.05, 4.69) is 0 Å². The Kier molecular flexibility index (Phi) is 2.63. The van der Waals surface area contributed by atoms with E-state index in [4.69, 9.17) is 17.3 Å². The Labute approximate surface area is 92.7 Å². The highest BCUT2D eigenvalue weighted by Gasteiger charge is 2.05. The van der Waals surface area contributed by atoms with Crippen molar-refractivity contribution in [1.29, 1.82) is 0 Å². The Bertz CT molecular complexity index is 523. The van der Waals surface area contributed by atoms with Gasteiger partial charge in [0, 0.05) is 6.54 Å². The second kappa shape index (κ2) is 3.80. The van der Waals surface area contributed by atoms with Crippen LogP contribution in [0.1, 0.15) is 11.1 Å². The molecule has 3 heteroatoms. The summed E-state index contributed by atoms with van der Waals surface area (Å²) in [6.45, 7) is 2.45. The van der Waals surface area contributed by atoms with Gasteiger partial charge in [0.25, 0.3) is 0 Å². The average Bonchev–Trinajstić information content (AvgIpc) is 2.20. The van der Waals surface area contributed by atoms with Gasteiger partial charge in [-0.3, -0.25) is 0 Å². The lowest BCUT2D eigenvalue weighted by Gasteiger charge is -2.06. The molecule has 0 aliphatic heterocycles. The minimum absolute atomic E-state index is 0.155. The van der Waals surface area contributed by atoms with Gasteiger partial charge in [-0.25, -0.2) is 4.39 Å². The molecule has 0 spiro atoms. The maximum atomic E-state index is 13.2. The van der Waals surface area contributed by atoms with E-state index in [-0.39, 0.29) is 5.02 Å². The van der Waals surface area contributed by atoms with Crippen molar-refractivity contribution in [3.05, 3.63) is 46.2 Å². The molecule has 2 rings (SSSR count). The normalized spacial score (nSPS) is 10.9.